The molecule has 0 aliphatic carbocycles. The summed E-state index contributed by atoms with van der Waals surface area (Å²) in [5.74, 6) is 0.632. The van der Waals surface area contributed by atoms with Crippen molar-refractivity contribution >= 4 is 17.2 Å². The molecule has 2 rings (SSSR count). The van der Waals surface area contributed by atoms with Crippen LogP contribution in [-0.2, 0) is 4.79 Å². The first-order chi connectivity index (χ1) is 10.4. The Morgan fingerprint density at radius 3 is 2.14 bits per heavy atom. The van der Waals surface area contributed by atoms with E-state index in [1.54, 1.807) is 50.2 Å². The van der Waals surface area contributed by atoms with Gasteiger partial charge in [-0.05, 0) is 32.4 Å². The first kappa shape index (κ1) is 19.9. The van der Waals surface area contributed by atoms with Gasteiger partial charge in [-0.15, -0.1) is 0 Å². The Bertz CT molecular complexity index is 574. The molecule has 0 spiro atoms. The fourth-order valence-electron chi connectivity index (χ4n) is 1.42. The molecule has 2 aromatic rings. The zero-order valence-corrected chi connectivity index (χ0v) is 13.9. The monoisotopic (exact) mass is 308 g/mol. The van der Waals surface area contributed by atoms with E-state index in [9.17, 15) is 14.3 Å². The second-order valence-electron chi connectivity index (χ2n) is 4.91. The van der Waals surface area contributed by atoms with E-state index in [0.717, 1.165) is 5.39 Å². The number of rotatable bonds is 3. The Morgan fingerprint density at radius 2 is 1.64 bits per heavy atom. The lowest BCUT2D eigenvalue weighted by Gasteiger charge is -2.07. The maximum atomic E-state index is 12.1. The molecule has 0 saturated carbocycles. The van der Waals surface area contributed by atoms with E-state index < -0.39 is 5.67 Å². The molecule has 2 aromatic carbocycles. The summed E-state index contributed by atoms with van der Waals surface area (Å²) in [7, 11) is 0. The van der Waals surface area contributed by atoms with Crippen molar-refractivity contribution in [2.45, 2.75) is 46.7 Å². The topological polar surface area (TPSA) is 46.5 Å². The van der Waals surface area contributed by atoms with Crippen LogP contribution in [0.5, 0.6) is 11.5 Å². The number of benzene rings is 2. The van der Waals surface area contributed by atoms with Gasteiger partial charge in [0, 0.05) is 10.8 Å². The fourth-order valence-corrected chi connectivity index (χ4v) is 1.42. The van der Waals surface area contributed by atoms with Gasteiger partial charge in [0.25, 0.3) is 6.47 Å². The normalized spacial score (nSPS) is 9.91. The molecule has 0 aromatic heterocycles. The molecule has 0 amide bonds. The largest absolute Gasteiger partial charge is 0.507 e. The molecule has 1 N–H and O–H groups in total. The van der Waals surface area contributed by atoms with E-state index in [4.69, 9.17) is 4.74 Å². The highest BCUT2D eigenvalue weighted by atomic mass is 19.1. The molecule has 0 aliphatic heterocycles. The van der Waals surface area contributed by atoms with Crippen LogP contribution in [0.4, 0.5) is 4.39 Å². The van der Waals surface area contributed by atoms with Crippen molar-refractivity contribution in [1.29, 1.82) is 0 Å². The first-order valence-electron chi connectivity index (χ1n) is 7.39. The van der Waals surface area contributed by atoms with Gasteiger partial charge in [-0.3, -0.25) is 4.79 Å². The SMILES string of the molecule is CC.CCC(C)(C)F.O=COc1cccc2c(O)cccc12. The average molecular weight is 308 g/mol. The van der Waals surface area contributed by atoms with Gasteiger partial charge in [-0.1, -0.05) is 45.0 Å². The van der Waals surface area contributed by atoms with Gasteiger partial charge in [0.05, 0.1) is 0 Å². The number of fused-ring (bicyclic) bond motifs is 1. The minimum absolute atomic E-state index is 0.179. The van der Waals surface area contributed by atoms with Crippen molar-refractivity contribution in [3.63, 3.8) is 0 Å². The van der Waals surface area contributed by atoms with Gasteiger partial charge in [0.1, 0.15) is 17.2 Å². The van der Waals surface area contributed by atoms with Crippen LogP contribution in [0.25, 0.3) is 10.8 Å². The fraction of sp³-hybridized carbons (Fsp3) is 0.389. The van der Waals surface area contributed by atoms with E-state index in [1.165, 1.54) is 0 Å². The molecule has 0 bridgehead atoms. The van der Waals surface area contributed by atoms with Gasteiger partial charge in [-0.25, -0.2) is 4.39 Å². The van der Waals surface area contributed by atoms with E-state index in [0.29, 0.717) is 24.0 Å². The zero-order valence-electron chi connectivity index (χ0n) is 13.9. The third kappa shape index (κ3) is 6.57. The quantitative estimate of drug-likeness (QED) is 0.788. The van der Waals surface area contributed by atoms with Crippen LogP contribution in [0, 0.1) is 0 Å². The lowest BCUT2D eigenvalue weighted by atomic mass is 10.1. The summed E-state index contributed by atoms with van der Waals surface area (Å²) in [6.07, 6.45) is 0.604. The van der Waals surface area contributed by atoms with Crippen molar-refractivity contribution in [1.82, 2.24) is 0 Å². The lowest BCUT2D eigenvalue weighted by Crippen LogP contribution is -2.07. The second kappa shape index (κ2) is 9.77. The molecule has 0 atom stereocenters. The van der Waals surface area contributed by atoms with Crippen LogP contribution in [0.15, 0.2) is 36.4 Å². The molecule has 0 aliphatic rings. The van der Waals surface area contributed by atoms with Crippen molar-refractivity contribution in [3.05, 3.63) is 36.4 Å². The number of alkyl halides is 1. The Morgan fingerprint density at radius 1 is 1.14 bits per heavy atom. The Hall–Kier alpha value is -2.10. The van der Waals surface area contributed by atoms with E-state index in [1.807, 2.05) is 20.8 Å². The van der Waals surface area contributed by atoms with Crippen LogP contribution in [0.3, 0.4) is 0 Å². The number of carbonyl (C=O) groups excluding carboxylic acids is 1. The average Bonchev–Trinajstić information content (AvgIpc) is 2.51. The van der Waals surface area contributed by atoms with Gasteiger partial charge in [0.15, 0.2) is 0 Å². The number of phenolic OH excluding ortho intramolecular Hbond substituents is 1. The lowest BCUT2D eigenvalue weighted by molar-refractivity contribution is -0.120. The summed E-state index contributed by atoms with van der Waals surface area (Å²) in [6, 6.07) is 10.2. The zero-order chi connectivity index (χ0) is 17.2. The smallest absolute Gasteiger partial charge is 0.298 e. The highest BCUT2D eigenvalue weighted by Crippen LogP contribution is 2.30. The number of hydrogen-bond acceptors (Lipinski definition) is 3. The number of aromatic hydroxyl groups is 1. The molecule has 0 unspecified atom stereocenters. The van der Waals surface area contributed by atoms with Crippen LogP contribution in [0.2, 0.25) is 0 Å². The minimum Gasteiger partial charge on any atom is -0.507 e. The van der Waals surface area contributed by atoms with Crippen LogP contribution in [0.1, 0.15) is 41.0 Å². The summed E-state index contributed by atoms with van der Waals surface area (Å²) < 4.78 is 16.9. The standard InChI is InChI=1S/C11H8O3.C5H11F.C2H6/c12-7-14-11-6-2-3-8-9(11)4-1-5-10(8)13;1-4-5(2,3)6;1-2/h1-7,13H;4H2,1-3H3;1-2H3. The first-order valence-corrected chi connectivity index (χ1v) is 7.39. The maximum Gasteiger partial charge on any atom is 0.298 e. The van der Waals surface area contributed by atoms with Gasteiger partial charge in [0.2, 0.25) is 0 Å². The van der Waals surface area contributed by atoms with Crippen LogP contribution in [-0.4, -0.2) is 17.2 Å². The second-order valence-corrected chi connectivity index (χ2v) is 4.91. The molecule has 4 heteroatoms. The highest BCUT2D eigenvalue weighted by molar-refractivity contribution is 5.93. The third-order valence-electron chi connectivity index (χ3n) is 2.87. The Balaban J connectivity index is 0.000000470. The molecule has 22 heavy (non-hydrogen) atoms. The number of hydrogen-bond donors (Lipinski definition) is 1. The van der Waals surface area contributed by atoms with Crippen molar-refractivity contribution in [3.8, 4) is 11.5 Å². The highest BCUT2D eigenvalue weighted by Gasteiger charge is 2.09. The summed E-state index contributed by atoms with van der Waals surface area (Å²) >= 11 is 0. The molecule has 122 valence electrons. The van der Waals surface area contributed by atoms with Gasteiger partial charge < -0.3 is 9.84 Å². The molecule has 3 nitrogen and oxygen atoms in total. The number of halogens is 1. The molecule has 0 fully saturated rings. The number of phenols is 1. The van der Waals surface area contributed by atoms with E-state index in [2.05, 4.69) is 0 Å². The predicted molar refractivity (Wildman–Crippen MR) is 89.1 cm³/mol. The Kier molecular flexibility index (Phi) is 8.83. The number of carbonyl (C=O) groups is 1. The van der Waals surface area contributed by atoms with Crippen molar-refractivity contribution in [2.24, 2.45) is 0 Å². The van der Waals surface area contributed by atoms with Crippen LogP contribution < -0.4 is 4.74 Å². The van der Waals surface area contributed by atoms with E-state index >= 15 is 0 Å². The maximum absolute atomic E-state index is 12.1. The van der Waals surface area contributed by atoms with Crippen molar-refractivity contribution in [2.75, 3.05) is 0 Å². The summed E-state index contributed by atoms with van der Waals surface area (Å²) in [6.45, 7) is 9.36. The molecule has 0 heterocycles. The van der Waals surface area contributed by atoms with E-state index in [-0.39, 0.29) is 5.75 Å². The third-order valence-corrected chi connectivity index (χ3v) is 2.87. The van der Waals surface area contributed by atoms with Crippen LogP contribution >= 0.6 is 0 Å². The van der Waals surface area contributed by atoms with Crippen molar-refractivity contribution < 1.29 is 19.0 Å². The Labute approximate surface area is 131 Å². The summed E-state index contributed by atoms with van der Waals surface area (Å²) in [5.41, 5.74) is -0.958. The summed E-state index contributed by atoms with van der Waals surface area (Å²) in [5, 5.41) is 10.9. The minimum atomic E-state index is -0.958. The molecule has 0 radical (unpaired) electrons. The number of ether oxygens (including phenoxy) is 1. The molecule has 0 saturated heterocycles. The molecular weight excluding hydrogens is 283 g/mol. The molecular formula is C18H25FO3. The van der Waals surface area contributed by atoms with Gasteiger partial charge in [-0.2, -0.15) is 0 Å². The predicted octanol–water partition coefficient (Wildman–Crippen LogP) is 5.25. The van der Waals surface area contributed by atoms with Gasteiger partial charge >= 0.3 is 0 Å². The summed E-state index contributed by atoms with van der Waals surface area (Å²) in [4.78, 5) is 10.2.